The summed E-state index contributed by atoms with van der Waals surface area (Å²) in [6.07, 6.45) is 3.13. The van der Waals surface area contributed by atoms with Crippen molar-refractivity contribution in [2.24, 2.45) is 5.41 Å². The molecule has 162 valence electrons. The Hall–Kier alpha value is -1.09. The molecule has 0 N–H and O–H groups in total. The van der Waals surface area contributed by atoms with Crippen molar-refractivity contribution in [2.75, 3.05) is 24.6 Å². The van der Waals surface area contributed by atoms with Crippen molar-refractivity contribution < 1.29 is 21.6 Å². The fourth-order valence-electron chi connectivity index (χ4n) is 5.92. The summed E-state index contributed by atoms with van der Waals surface area (Å²) in [5.74, 6) is 0.787. The zero-order valence-corrected chi connectivity index (χ0v) is 17.3. The van der Waals surface area contributed by atoms with Gasteiger partial charge >= 0.3 is 6.18 Å². The summed E-state index contributed by atoms with van der Waals surface area (Å²) in [5, 5.41) is 3.95. The number of sulfone groups is 1. The van der Waals surface area contributed by atoms with E-state index in [1.54, 1.807) is 4.68 Å². The van der Waals surface area contributed by atoms with Crippen LogP contribution in [0.25, 0.3) is 0 Å². The normalized spacial score (nSPS) is 32.2. The van der Waals surface area contributed by atoms with Gasteiger partial charge in [0.15, 0.2) is 15.5 Å². The first kappa shape index (κ1) is 19.8. The molecule has 5 rings (SSSR count). The number of likely N-dealkylation sites (tertiary alicyclic amines) is 1. The van der Waals surface area contributed by atoms with Gasteiger partial charge in [0.1, 0.15) is 0 Å². The van der Waals surface area contributed by atoms with E-state index in [-0.39, 0.29) is 17.4 Å². The highest BCUT2D eigenvalue weighted by Crippen LogP contribution is 2.45. The van der Waals surface area contributed by atoms with Gasteiger partial charge in [0.05, 0.1) is 17.5 Å². The summed E-state index contributed by atoms with van der Waals surface area (Å²) in [7, 11) is -2.82. The van der Waals surface area contributed by atoms with Gasteiger partial charge in [0.2, 0.25) is 0 Å². The highest BCUT2D eigenvalue weighted by atomic mass is 32.2. The van der Waals surface area contributed by atoms with Crippen LogP contribution in [0.2, 0.25) is 0 Å². The van der Waals surface area contributed by atoms with Crippen molar-refractivity contribution in [1.82, 2.24) is 14.7 Å². The maximum atomic E-state index is 13.2. The minimum atomic E-state index is -4.39. The zero-order chi connectivity index (χ0) is 20.4. The van der Waals surface area contributed by atoms with E-state index in [4.69, 9.17) is 0 Å². The van der Waals surface area contributed by atoms with Crippen LogP contribution in [0, 0.1) is 5.41 Å². The third-order valence-electron chi connectivity index (χ3n) is 7.63. The van der Waals surface area contributed by atoms with Gasteiger partial charge in [-0.1, -0.05) is 0 Å². The Morgan fingerprint density at radius 1 is 1.03 bits per heavy atom. The Bertz CT molecular complexity index is 871. The summed E-state index contributed by atoms with van der Waals surface area (Å²) in [4.78, 5) is 2.44. The molecule has 0 bridgehead atoms. The second-order valence-corrected chi connectivity index (χ2v) is 11.8. The number of halogens is 3. The third kappa shape index (κ3) is 3.62. The molecule has 0 amide bonds. The second kappa shape index (κ2) is 6.70. The van der Waals surface area contributed by atoms with E-state index < -0.39 is 21.7 Å². The molecule has 2 saturated heterocycles. The summed E-state index contributed by atoms with van der Waals surface area (Å²) >= 11 is 0. The van der Waals surface area contributed by atoms with Crippen molar-refractivity contribution in [2.45, 2.75) is 75.5 Å². The van der Waals surface area contributed by atoms with Crippen molar-refractivity contribution in [1.29, 1.82) is 0 Å². The van der Waals surface area contributed by atoms with E-state index in [0.717, 1.165) is 70.2 Å². The molecular formula is C20H28F3N3O2S. The molecule has 1 aromatic rings. The van der Waals surface area contributed by atoms with Crippen molar-refractivity contribution in [3.8, 4) is 0 Å². The topological polar surface area (TPSA) is 55.2 Å². The van der Waals surface area contributed by atoms with Gasteiger partial charge in [-0.25, -0.2) is 8.42 Å². The van der Waals surface area contributed by atoms with E-state index in [9.17, 15) is 21.6 Å². The summed E-state index contributed by atoms with van der Waals surface area (Å²) in [5.41, 5.74) is -0.0159. The first-order chi connectivity index (χ1) is 13.6. The van der Waals surface area contributed by atoms with Gasteiger partial charge in [-0.15, -0.1) is 0 Å². The third-order valence-corrected chi connectivity index (χ3v) is 9.73. The van der Waals surface area contributed by atoms with Crippen LogP contribution in [0.1, 0.15) is 74.7 Å². The lowest BCUT2D eigenvalue weighted by Gasteiger charge is -2.40. The SMILES string of the molecule is O=S1(=O)CC2(CCN([C@H]3CC[C@@H](c4cc(C(F)(F)F)nn4C4CCC4)CC3)C2)C1. The molecule has 2 aliphatic carbocycles. The lowest BCUT2D eigenvalue weighted by atomic mass is 9.82. The summed E-state index contributed by atoms with van der Waals surface area (Å²) < 4.78 is 64.6. The lowest BCUT2D eigenvalue weighted by Crippen LogP contribution is -2.51. The highest BCUT2D eigenvalue weighted by Gasteiger charge is 2.53. The average Bonchev–Trinajstić information content (AvgIpc) is 3.17. The van der Waals surface area contributed by atoms with E-state index in [2.05, 4.69) is 10.00 Å². The molecule has 0 unspecified atom stereocenters. The number of hydrogen-bond acceptors (Lipinski definition) is 4. The zero-order valence-electron chi connectivity index (χ0n) is 16.5. The van der Waals surface area contributed by atoms with Crippen LogP contribution >= 0.6 is 0 Å². The molecule has 2 saturated carbocycles. The lowest BCUT2D eigenvalue weighted by molar-refractivity contribution is -0.141. The van der Waals surface area contributed by atoms with Gasteiger partial charge in [0.25, 0.3) is 0 Å². The molecule has 29 heavy (non-hydrogen) atoms. The molecule has 4 aliphatic rings. The maximum Gasteiger partial charge on any atom is 0.435 e. The van der Waals surface area contributed by atoms with Gasteiger partial charge in [-0.3, -0.25) is 9.58 Å². The van der Waals surface area contributed by atoms with E-state index in [0.29, 0.717) is 17.5 Å². The summed E-state index contributed by atoms with van der Waals surface area (Å²) in [6.45, 7) is 1.81. The van der Waals surface area contributed by atoms with Crippen LogP contribution in [0.15, 0.2) is 6.07 Å². The monoisotopic (exact) mass is 431 g/mol. The Kier molecular flexibility index (Phi) is 4.59. The predicted octanol–water partition coefficient (Wildman–Crippen LogP) is 3.77. The van der Waals surface area contributed by atoms with Crippen LogP contribution in [-0.2, 0) is 16.0 Å². The smallest absolute Gasteiger partial charge is 0.300 e. The van der Waals surface area contributed by atoms with Crippen LogP contribution in [-0.4, -0.2) is 53.7 Å². The minimum absolute atomic E-state index is 0.0276. The maximum absolute atomic E-state index is 13.2. The Balaban J connectivity index is 1.25. The van der Waals surface area contributed by atoms with Gasteiger partial charge in [-0.2, -0.15) is 18.3 Å². The van der Waals surface area contributed by atoms with E-state index in [1.165, 1.54) is 6.07 Å². The molecule has 4 fully saturated rings. The van der Waals surface area contributed by atoms with Crippen molar-refractivity contribution in [3.63, 3.8) is 0 Å². The first-order valence-corrected chi connectivity index (χ1v) is 12.6. The molecular weight excluding hydrogens is 403 g/mol. The van der Waals surface area contributed by atoms with Gasteiger partial charge in [0, 0.05) is 29.6 Å². The van der Waals surface area contributed by atoms with Crippen LogP contribution in [0.3, 0.4) is 0 Å². The molecule has 2 aliphatic heterocycles. The van der Waals surface area contributed by atoms with Gasteiger partial charge < -0.3 is 0 Å². The Morgan fingerprint density at radius 2 is 1.72 bits per heavy atom. The molecule has 0 aromatic carbocycles. The van der Waals surface area contributed by atoms with Crippen molar-refractivity contribution >= 4 is 9.84 Å². The summed E-state index contributed by atoms with van der Waals surface area (Å²) in [6, 6.07) is 1.84. The van der Waals surface area contributed by atoms with Crippen molar-refractivity contribution in [3.05, 3.63) is 17.5 Å². The van der Waals surface area contributed by atoms with Gasteiger partial charge in [-0.05, 0) is 64.0 Å². The van der Waals surface area contributed by atoms with E-state index >= 15 is 0 Å². The fraction of sp³-hybridized carbons (Fsp3) is 0.850. The standard InChI is InChI=1S/C20H28F3N3O2S/c21-20(22,23)18-10-17(26(24-18)16-2-1-3-16)14-4-6-15(7-5-14)25-9-8-19(11-25)12-29(27,28)13-19/h10,14-16H,1-9,11-13H2/t14-,15+. The predicted molar refractivity (Wildman–Crippen MR) is 102 cm³/mol. The highest BCUT2D eigenvalue weighted by molar-refractivity contribution is 7.92. The number of hydrogen-bond donors (Lipinski definition) is 0. The Morgan fingerprint density at radius 3 is 2.28 bits per heavy atom. The number of nitrogens with zero attached hydrogens (tertiary/aromatic N) is 3. The fourth-order valence-corrected chi connectivity index (χ4v) is 8.17. The Labute approximate surface area is 169 Å². The molecule has 5 nitrogen and oxygen atoms in total. The number of aromatic nitrogens is 2. The largest absolute Gasteiger partial charge is 0.435 e. The van der Waals surface area contributed by atoms with Crippen LogP contribution < -0.4 is 0 Å². The first-order valence-electron chi connectivity index (χ1n) is 10.8. The van der Waals surface area contributed by atoms with E-state index in [1.807, 2.05) is 0 Å². The number of alkyl halides is 3. The molecule has 0 radical (unpaired) electrons. The molecule has 1 spiro atoms. The van der Waals surface area contributed by atoms with Crippen LogP contribution in [0.4, 0.5) is 13.2 Å². The quantitative estimate of drug-likeness (QED) is 0.731. The average molecular weight is 432 g/mol. The van der Waals surface area contributed by atoms with Crippen LogP contribution in [0.5, 0.6) is 0 Å². The number of rotatable bonds is 3. The minimum Gasteiger partial charge on any atom is -0.300 e. The molecule has 3 heterocycles. The molecule has 0 atom stereocenters. The molecule has 1 aromatic heterocycles. The molecule has 9 heteroatoms. The second-order valence-electron chi connectivity index (χ2n) is 9.74.